The molecule has 8 heteroatoms. The molecule has 2 aromatic rings. The maximum absolute atomic E-state index is 13.0. The third-order valence-corrected chi connectivity index (χ3v) is 3.41. The molecule has 0 atom stereocenters. The van der Waals surface area contributed by atoms with Crippen LogP contribution in [0.1, 0.15) is 10.4 Å². The number of hydrogen-bond donors (Lipinski definition) is 1. The van der Waals surface area contributed by atoms with Gasteiger partial charge in [0.2, 0.25) is 0 Å². The van der Waals surface area contributed by atoms with Crippen LogP contribution in [-0.4, -0.2) is 16.6 Å². The van der Waals surface area contributed by atoms with E-state index in [1.54, 1.807) is 0 Å². The molecular weight excluding hydrogens is 325 g/mol. The molecule has 110 valence electrons. The second kappa shape index (κ2) is 6.82. The van der Waals surface area contributed by atoms with Gasteiger partial charge in [0, 0.05) is 11.9 Å². The van der Waals surface area contributed by atoms with Gasteiger partial charge in [0.25, 0.3) is 11.7 Å². The van der Waals surface area contributed by atoms with Gasteiger partial charge < -0.3 is 5.32 Å². The van der Waals surface area contributed by atoms with Crippen molar-refractivity contribution in [1.82, 2.24) is 4.98 Å². The fraction of sp³-hybridized carbons (Fsp3) is 0.0769. The number of carbonyl (C=O) groups is 1. The third kappa shape index (κ3) is 4.12. The number of nitrogens with one attached hydrogen (secondary N) is 1. The molecular formula is C13H8ClF3N2OS. The summed E-state index contributed by atoms with van der Waals surface area (Å²) in [5.41, 5.74) is 0.256. The highest BCUT2D eigenvalue weighted by atomic mass is 35.5. The Morgan fingerprint density at radius 2 is 2.10 bits per heavy atom. The van der Waals surface area contributed by atoms with E-state index in [9.17, 15) is 18.0 Å². The molecule has 0 aliphatic rings. The fourth-order valence-electron chi connectivity index (χ4n) is 1.51. The lowest BCUT2D eigenvalue weighted by Gasteiger charge is -2.09. The van der Waals surface area contributed by atoms with Gasteiger partial charge in [-0.25, -0.2) is 9.37 Å². The average Bonchev–Trinajstić information content (AvgIpc) is 2.43. The molecule has 0 aliphatic heterocycles. The zero-order valence-corrected chi connectivity index (χ0v) is 11.9. The molecule has 0 unspecified atom stereocenters. The minimum Gasteiger partial charge on any atom is -0.322 e. The van der Waals surface area contributed by atoms with Crippen molar-refractivity contribution in [2.24, 2.45) is 0 Å². The topological polar surface area (TPSA) is 42.0 Å². The first kappa shape index (κ1) is 15.7. The zero-order valence-electron chi connectivity index (χ0n) is 10.3. The summed E-state index contributed by atoms with van der Waals surface area (Å²) in [7, 11) is 0. The van der Waals surface area contributed by atoms with E-state index in [4.69, 9.17) is 11.6 Å². The smallest absolute Gasteiger partial charge is 0.290 e. The Kier molecular flexibility index (Phi) is 5.08. The summed E-state index contributed by atoms with van der Waals surface area (Å²) in [5, 5.41) is 2.21. The molecule has 1 aromatic carbocycles. The maximum atomic E-state index is 13.0. The van der Waals surface area contributed by atoms with Gasteiger partial charge in [0.05, 0.1) is 10.6 Å². The molecule has 21 heavy (non-hydrogen) atoms. The highest BCUT2D eigenvalue weighted by Gasteiger charge is 2.17. The molecule has 2 rings (SSSR count). The molecule has 0 aliphatic carbocycles. The molecule has 1 aromatic heterocycles. The number of rotatable bonds is 4. The van der Waals surface area contributed by atoms with Crippen LogP contribution in [0.2, 0.25) is 5.02 Å². The van der Waals surface area contributed by atoms with Crippen molar-refractivity contribution in [3.05, 3.63) is 52.9 Å². The van der Waals surface area contributed by atoms with Crippen LogP contribution in [0.5, 0.6) is 0 Å². The van der Waals surface area contributed by atoms with Gasteiger partial charge >= 0.3 is 0 Å². The number of anilines is 1. The lowest BCUT2D eigenvalue weighted by molar-refractivity contribution is 0.102. The van der Waals surface area contributed by atoms with Crippen LogP contribution >= 0.6 is 23.4 Å². The monoisotopic (exact) mass is 332 g/mol. The standard InChI is InChI=1S/C13H8ClF3N2OS/c14-9-6-7(3-4-10(9)15)19-11(20)8-2-1-5-18-12(8)21-13(16)17/h1-6,13H,(H,19,20). The predicted octanol–water partition coefficient (Wildman–Crippen LogP) is 4.44. The van der Waals surface area contributed by atoms with Crippen LogP contribution in [0.25, 0.3) is 0 Å². The third-order valence-electron chi connectivity index (χ3n) is 2.39. The Morgan fingerprint density at radius 3 is 2.76 bits per heavy atom. The maximum Gasteiger partial charge on any atom is 0.290 e. The molecule has 1 N–H and O–H groups in total. The van der Waals surface area contributed by atoms with Crippen molar-refractivity contribution in [2.75, 3.05) is 5.32 Å². The van der Waals surface area contributed by atoms with Crippen LogP contribution in [0, 0.1) is 5.82 Å². The molecule has 0 radical (unpaired) electrons. The number of pyridine rings is 1. The van der Waals surface area contributed by atoms with Gasteiger partial charge in [-0.1, -0.05) is 11.6 Å². The second-order valence-electron chi connectivity index (χ2n) is 3.82. The average molecular weight is 333 g/mol. The van der Waals surface area contributed by atoms with Gasteiger partial charge in [-0.15, -0.1) is 0 Å². The number of aromatic nitrogens is 1. The summed E-state index contributed by atoms with van der Waals surface area (Å²) in [6.07, 6.45) is 1.32. The van der Waals surface area contributed by atoms with Crippen molar-refractivity contribution in [1.29, 1.82) is 0 Å². The van der Waals surface area contributed by atoms with Crippen molar-refractivity contribution in [3.8, 4) is 0 Å². The van der Waals surface area contributed by atoms with E-state index in [2.05, 4.69) is 10.3 Å². The number of amides is 1. The summed E-state index contributed by atoms with van der Waals surface area (Å²) < 4.78 is 37.9. The summed E-state index contributed by atoms with van der Waals surface area (Å²) in [4.78, 5) is 15.8. The van der Waals surface area contributed by atoms with Crippen LogP contribution in [-0.2, 0) is 0 Å². The molecule has 0 fully saturated rings. The van der Waals surface area contributed by atoms with E-state index in [1.807, 2.05) is 0 Å². The van der Waals surface area contributed by atoms with E-state index in [-0.39, 0.29) is 33.1 Å². The number of benzene rings is 1. The van der Waals surface area contributed by atoms with E-state index < -0.39 is 17.5 Å². The van der Waals surface area contributed by atoms with Crippen molar-refractivity contribution in [3.63, 3.8) is 0 Å². The van der Waals surface area contributed by atoms with E-state index >= 15 is 0 Å². The summed E-state index contributed by atoms with van der Waals surface area (Å²) in [6, 6.07) is 6.47. The van der Waals surface area contributed by atoms with E-state index in [0.29, 0.717) is 0 Å². The van der Waals surface area contributed by atoms with Gasteiger partial charge in [-0.3, -0.25) is 4.79 Å². The number of thioether (sulfide) groups is 1. The zero-order chi connectivity index (χ0) is 15.4. The van der Waals surface area contributed by atoms with Gasteiger partial charge in [0.1, 0.15) is 10.8 Å². The predicted molar refractivity (Wildman–Crippen MR) is 75.5 cm³/mol. The van der Waals surface area contributed by atoms with Crippen LogP contribution < -0.4 is 5.32 Å². The number of alkyl halides is 2. The van der Waals surface area contributed by atoms with Crippen molar-refractivity contribution < 1.29 is 18.0 Å². The first-order valence-electron chi connectivity index (χ1n) is 5.63. The minimum atomic E-state index is -2.69. The minimum absolute atomic E-state index is 0.00301. The SMILES string of the molecule is O=C(Nc1ccc(F)c(Cl)c1)c1cccnc1SC(F)F. The van der Waals surface area contributed by atoms with E-state index in [0.717, 1.165) is 6.07 Å². The lowest BCUT2D eigenvalue weighted by atomic mass is 10.2. The normalized spacial score (nSPS) is 10.7. The fourth-order valence-corrected chi connectivity index (χ4v) is 2.27. The van der Waals surface area contributed by atoms with Gasteiger partial charge in [0.15, 0.2) is 0 Å². The van der Waals surface area contributed by atoms with Crippen LogP contribution in [0.3, 0.4) is 0 Å². The molecule has 0 saturated carbocycles. The molecule has 1 amide bonds. The van der Waals surface area contributed by atoms with Crippen molar-refractivity contribution >= 4 is 35.0 Å². The number of hydrogen-bond acceptors (Lipinski definition) is 3. The number of carbonyl (C=O) groups excluding carboxylic acids is 1. The largest absolute Gasteiger partial charge is 0.322 e. The molecule has 0 bridgehead atoms. The highest BCUT2D eigenvalue weighted by Crippen LogP contribution is 2.27. The molecule has 3 nitrogen and oxygen atoms in total. The van der Waals surface area contributed by atoms with Crippen molar-refractivity contribution in [2.45, 2.75) is 10.8 Å². The lowest BCUT2D eigenvalue weighted by Crippen LogP contribution is -2.14. The Bertz CT molecular complexity index is 670. The molecule has 1 heterocycles. The Balaban J connectivity index is 2.22. The molecule has 0 saturated heterocycles. The summed E-state index contributed by atoms with van der Waals surface area (Å²) in [6.45, 7) is 0. The van der Waals surface area contributed by atoms with E-state index in [1.165, 1.54) is 30.5 Å². The Hall–Kier alpha value is -1.73. The summed E-state index contributed by atoms with van der Waals surface area (Å²) >= 11 is 5.78. The number of nitrogens with zero attached hydrogens (tertiary/aromatic N) is 1. The number of halogens is 4. The van der Waals surface area contributed by atoms with Crippen LogP contribution in [0.15, 0.2) is 41.6 Å². The summed E-state index contributed by atoms with van der Waals surface area (Å²) in [5.74, 6) is -3.94. The second-order valence-corrected chi connectivity index (χ2v) is 5.20. The Labute approximate surface area is 127 Å². The molecule has 0 spiro atoms. The van der Waals surface area contributed by atoms with Gasteiger partial charge in [-0.05, 0) is 42.1 Å². The van der Waals surface area contributed by atoms with Crippen LogP contribution in [0.4, 0.5) is 18.9 Å². The Morgan fingerprint density at radius 1 is 1.33 bits per heavy atom. The first-order valence-corrected chi connectivity index (χ1v) is 6.89. The van der Waals surface area contributed by atoms with Gasteiger partial charge in [-0.2, -0.15) is 8.78 Å². The highest BCUT2D eigenvalue weighted by molar-refractivity contribution is 7.99. The quantitative estimate of drug-likeness (QED) is 0.842. The first-order chi connectivity index (χ1) is 9.97.